The highest BCUT2D eigenvalue weighted by atomic mass is 35.5. The number of hydrogen-bond acceptors (Lipinski definition) is 3. The number of aromatic amines is 1. The standard InChI is InChI=1S/C17H10Cl3N3O3/c18-9-1-4-11(5-2-9)23-16(25)12(8-21-17(23)26)15(24)22-10-3-6-13(19)14(20)7-10/h1-8H,(H,21,26)(H,22,24). The van der Waals surface area contributed by atoms with Gasteiger partial charge in [-0.2, -0.15) is 0 Å². The van der Waals surface area contributed by atoms with Gasteiger partial charge in [-0.15, -0.1) is 0 Å². The number of nitrogens with zero attached hydrogens (tertiary/aromatic N) is 1. The summed E-state index contributed by atoms with van der Waals surface area (Å²) in [4.78, 5) is 39.5. The van der Waals surface area contributed by atoms with Gasteiger partial charge in [0.05, 0.1) is 15.7 Å². The Kier molecular flexibility index (Phi) is 5.18. The van der Waals surface area contributed by atoms with Gasteiger partial charge in [0.1, 0.15) is 5.56 Å². The predicted molar refractivity (Wildman–Crippen MR) is 102 cm³/mol. The van der Waals surface area contributed by atoms with Crippen molar-refractivity contribution in [2.45, 2.75) is 0 Å². The number of halogens is 3. The van der Waals surface area contributed by atoms with Crippen molar-refractivity contribution in [3.8, 4) is 5.69 Å². The molecule has 2 aromatic carbocycles. The van der Waals surface area contributed by atoms with Crippen molar-refractivity contribution in [2.75, 3.05) is 5.32 Å². The number of nitrogens with one attached hydrogen (secondary N) is 2. The molecular formula is C17H10Cl3N3O3. The van der Waals surface area contributed by atoms with Crippen molar-refractivity contribution < 1.29 is 4.79 Å². The molecule has 0 fully saturated rings. The summed E-state index contributed by atoms with van der Waals surface area (Å²) in [5.74, 6) is -0.702. The molecule has 0 radical (unpaired) electrons. The summed E-state index contributed by atoms with van der Waals surface area (Å²) < 4.78 is 0.847. The number of carbonyl (C=O) groups is 1. The van der Waals surface area contributed by atoms with Gasteiger partial charge in [-0.25, -0.2) is 9.36 Å². The van der Waals surface area contributed by atoms with Crippen molar-refractivity contribution in [3.05, 3.63) is 90.1 Å². The third-order valence-corrected chi connectivity index (χ3v) is 4.47. The zero-order chi connectivity index (χ0) is 18.8. The Morgan fingerprint density at radius 1 is 0.962 bits per heavy atom. The fourth-order valence-corrected chi connectivity index (χ4v) is 2.66. The first-order chi connectivity index (χ1) is 12.4. The lowest BCUT2D eigenvalue weighted by Crippen LogP contribution is -2.38. The maximum Gasteiger partial charge on any atom is 0.333 e. The minimum absolute atomic E-state index is 0.245. The molecule has 0 unspecified atom stereocenters. The highest BCUT2D eigenvalue weighted by Gasteiger charge is 2.16. The largest absolute Gasteiger partial charge is 0.333 e. The van der Waals surface area contributed by atoms with Crippen LogP contribution in [0.4, 0.5) is 5.69 Å². The molecule has 3 rings (SSSR count). The zero-order valence-electron chi connectivity index (χ0n) is 12.9. The van der Waals surface area contributed by atoms with Crippen LogP contribution in [0.5, 0.6) is 0 Å². The van der Waals surface area contributed by atoms with Crippen LogP contribution in [0.2, 0.25) is 15.1 Å². The van der Waals surface area contributed by atoms with Crippen molar-refractivity contribution in [2.24, 2.45) is 0 Å². The lowest BCUT2D eigenvalue weighted by molar-refractivity contribution is 0.102. The van der Waals surface area contributed by atoms with E-state index in [1.165, 1.54) is 42.5 Å². The summed E-state index contributed by atoms with van der Waals surface area (Å²) in [5.41, 5.74) is -1.06. The quantitative estimate of drug-likeness (QED) is 0.690. The van der Waals surface area contributed by atoms with Crippen molar-refractivity contribution >= 4 is 46.4 Å². The summed E-state index contributed by atoms with van der Waals surface area (Å²) in [6.45, 7) is 0. The molecule has 0 aliphatic carbocycles. The molecule has 0 saturated heterocycles. The smallest absolute Gasteiger partial charge is 0.322 e. The van der Waals surface area contributed by atoms with Gasteiger partial charge in [0, 0.05) is 16.9 Å². The second-order valence-corrected chi connectivity index (χ2v) is 6.46. The van der Waals surface area contributed by atoms with Crippen molar-refractivity contribution in [3.63, 3.8) is 0 Å². The highest BCUT2D eigenvalue weighted by molar-refractivity contribution is 6.42. The van der Waals surface area contributed by atoms with Crippen LogP contribution >= 0.6 is 34.8 Å². The van der Waals surface area contributed by atoms with Crippen molar-refractivity contribution in [1.29, 1.82) is 0 Å². The minimum Gasteiger partial charge on any atom is -0.322 e. The van der Waals surface area contributed by atoms with Gasteiger partial charge in [0.2, 0.25) is 0 Å². The molecule has 2 N–H and O–H groups in total. The monoisotopic (exact) mass is 409 g/mol. The number of hydrogen-bond donors (Lipinski definition) is 2. The summed E-state index contributed by atoms with van der Waals surface area (Å²) >= 11 is 17.6. The molecule has 9 heteroatoms. The molecule has 0 aliphatic rings. The lowest BCUT2D eigenvalue weighted by atomic mass is 10.2. The van der Waals surface area contributed by atoms with E-state index in [4.69, 9.17) is 34.8 Å². The minimum atomic E-state index is -0.770. The molecular weight excluding hydrogens is 401 g/mol. The number of aromatic nitrogens is 2. The molecule has 1 aromatic heterocycles. The number of amides is 1. The van der Waals surface area contributed by atoms with Crippen LogP contribution in [0.3, 0.4) is 0 Å². The molecule has 3 aromatic rings. The van der Waals surface area contributed by atoms with Gasteiger partial charge >= 0.3 is 5.69 Å². The molecule has 0 aliphatic heterocycles. The lowest BCUT2D eigenvalue weighted by Gasteiger charge is -2.09. The number of H-pyrrole nitrogens is 1. The predicted octanol–water partition coefficient (Wildman–Crippen LogP) is 3.74. The van der Waals surface area contributed by atoms with E-state index in [-0.39, 0.29) is 16.3 Å². The maximum absolute atomic E-state index is 12.6. The van der Waals surface area contributed by atoms with Crippen LogP contribution in [0.25, 0.3) is 5.69 Å². The second kappa shape index (κ2) is 7.37. The van der Waals surface area contributed by atoms with Crippen LogP contribution in [0.15, 0.2) is 58.3 Å². The van der Waals surface area contributed by atoms with E-state index < -0.39 is 17.2 Å². The number of benzene rings is 2. The molecule has 6 nitrogen and oxygen atoms in total. The van der Waals surface area contributed by atoms with E-state index in [2.05, 4.69) is 10.3 Å². The first kappa shape index (κ1) is 18.3. The molecule has 132 valence electrons. The Bertz CT molecular complexity index is 1100. The number of carbonyl (C=O) groups excluding carboxylic acids is 1. The van der Waals surface area contributed by atoms with E-state index in [0.717, 1.165) is 10.8 Å². The average molecular weight is 411 g/mol. The molecule has 0 spiro atoms. The highest BCUT2D eigenvalue weighted by Crippen LogP contribution is 2.25. The summed E-state index contributed by atoms with van der Waals surface area (Å²) in [5, 5.41) is 3.57. The first-order valence-corrected chi connectivity index (χ1v) is 8.37. The Balaban J connectivity index is 2.00. The summed E-state index contributed by atoms with van der Waals surface area (Å²) in [6, 6.07) is 10.6. The molecule has 0 atom stereocenters. The number of anilines is 1. The Hall–Kier alpha value is -2.54. The molecule has 0 saturated carbocycles. The van der Waals surface area contributed by atoms with Gasteiger partial charge in [-0.05, 0) is 42.5 Å². The third-order valence-electron chi connectivity index (χ3n) is 3.48. The van der Waals surface area contributed by atoms with Crippen LogP contribution in [-0.2, 0) is 0 Å². The van der Waals surface area contributed by atoms with Gasteiger partial charge in [0.15, 0.2) is 0 Å². The average Bonchev–Trinajstić information content (AvgIpc) is 2.60. The van der Waals surface area contributed by atoms with E-state index in [1.54, 1.807) is 0 Å². The first-order valence-electron chi connectivity index (χ1n) is 7.24. The molecule has 1 heterocycles. The molecule has 26 heavy (non-hydrogen) atoms. The second-order valence-electron chi connectivity index (χ2n) is 5.21. The topological polar surface area (TPSA) is 84.0 Å². The number of rotatable bonds is 3. The normalized spacial score (nSPS) is 10.6. The summed E-state index contributed by atoms with van der Waals surface area (Å²) in [6.07, 6.45) is 1.06. The summed E-state index contributed by atoms with van der Waals surface area (Å²) in [7, 11) is 0. The Morgan fingerprint density at radius 3 is 2.31 bits per heavy atom. The van der Waals surface area contributed by atoms with E-state index >= 15 is 0 Å². The van der Waals surface area contributed by atoms with Crippen molar-refractivity contribution in [1.82, 2.24) is 9.55 Å². The fourth-order valence-electron chi connectivity index (χ4n) is 2.23. The van der Waals surface area contributed by atoms with Gasteiger partial charge in [-0.3, -0.25) is 9.59 Å². The third kappa shape index (κ3) is 3.67. The van der Waals surface area contributed by atoms with Gasteiger partial charge in [-0.1, -0.05) is 34.8 Å². The van der Waals surface area contributed by atoms with Gasteiger partial charge in [0.25, 0.3) is 11.5 Å². The fraction of sp³-hybridized carbons (Fsp3) is 0. The Morgan fingerprint density at radius 2 is 1.65 bits per heavy atom. The van der Waals surface area contributed by atoms with E-state index in [1.807, 2.05) is 0 Å². The van der Waals surface area contributed by atoms with Crippen LogP contribution in [0.1, 0.15) is 10.4 Å². The SMILES string of the molecule is O=C(Nc1ccc(Cl)c(Cl)c1)c1c[nH]c(=O)n(-c2ccc(Cl)cc2)c1=O. The van der Waals surface area contributed by atoms with E-state index in [9.17, 15) is 14.4 Å². The molecule has 1 amide bonds. The van der Waals surface area contributed by atoms with Crippen LogP contribution < -0.4 is 16.6 Å². The van der Waals surface area contributed by atoms with Gasteiger partial charge < -0.3 is 10.3 Å². The zero-order valence-corrected chi connectivity index (χ0v) is 15.2. The molecule has 0 bridgehead atoms. The van der Waals surface area contributed by atoms with Crippen LogP contribution in [0, 0.1) is 0 Å². The van der Waals surface area contributed by atoms with Crippen LogP contribution in [-0.4, -0.2) is 15.5 Å². The Labute approximate surface area is 162 Å². The maximum atomic E-state index is 12.6. The van der Waals surface area contributed by atoms with E-state index in [0.29, 0.717) is 15.7 Å².